The number of nitrogens with zero attached hydrogens (tertiary/aromatic N) is 2. The number of methoxy groups -OCH3 is 1. The number of benzene rings is 3. The fourth-order valence-corrected chi connectivity index (χ4v) is 4.99. The average Bonchev–Trinajstić information content (AvgIpc) is 2.80. The zero-order valence-corrected chi connectivity index (χ0v) is 18.4. The number of hydrogen-bond donors (Lipinski definition) is 0. The monoisotopic (exact) mass is 448 g/mol. The molecule has 32 heavy (non-hydrogen) atoms. The summed E-state index contributed by atoms with van der Waals surface area (Å²) in [5.74, 6) is 0.808. The summed E-state index contributed by atoms with van der Waals surface area (Å²) in [7, 11) is 1.58. The normalized spacial score (nSPS) is 21.6. The van der Waals surface area contributed by atoms with Crippen molar-refractivity contribution in [2.45, 2.75) is 25.1 Å². The number of rotatable bonds is 3. The van der Waals surface area contributed by atoms with Gasteiger partial charge in [-0.05, 0) is 73.7 Å². The van der Waals surface area contributed by atoms with Gasteiger partial charge in [0.25, 0.3) is 5.91 Å². The molecule has 0 saturated carbocycles. The Labute approximate surface area is 191 Å². The maximum atomic E-state index is 13.7. The SMILES string of the molecule is COc1ccc(C(=O)N2C(=S)N(c3ccc(F)cc3)[C@]3(C)C[C@@H]2c2ccccc2O3)cc1. The summed E-state index contributed by atoms with van der Waals surface area (Å²) < 4.78 is 25.3. The lowest BCUT2D eigenvalue weighted by Crippen LogP contribution is -2.67. The molecule has 0 unspecified atom stereocenters. The first-order chi connectivity index (χ1) is 15.4. The zero-order chi connectivity index (χ0) is 22.5. The summed E-state index contributed by atoms with van der Waals surface area (Å²) in [6, 6.07) is 20.4. The molecule has 0 aliphatic carbocycles. The Kier molecular flexibility index (Phi) is 4.86. The van der Waals surface area contributed by atoms with E-state index in [1.54, 1.807) is 53.3 Å². The fourth-order valence-electron chi connectivity index (χ4n) is 4.48. The lowest BCUT2D eigenvalue weighted by molar-refractivity contribution is 0.0184. The van der Waals surface area contributed by atoms with Crippen molar-refractivity contribution in [2.24, 2.45) is 0 Å². The van der Waals surface area contributed by atoms with Crippen molar-refractivity contribution in [3.05, 3.63) is 89.7 Å². The molecule has 3 aromatic rings. The quantitative estimate of drug-likeness (QED) is 0.507. The molecule has 0 spiro atoms. The number of anilines is 1. The van der Waals surface area contributed by atoms with Gasteiger partial charge in [0, 0.05) is 23.2 Å². The van der Waals surface area contributed by atoms with E-state index in [4.69, 9.17) is 21.7 Å². The van der Waals surface area contributed by atoms with E-state index in [2.05, 4.69) is 0 Å². The first-order valence-corrected chi connectivity index (χ1v) is 10.7. The third-order valence-electron chi connectivity index (χ3n) is 6.00. The smallest absolute Gasteiger partial charge is 0.260 e. The number of hydrogen-bond acceptors (Lipinski definition) is 4. The van der Waals surface area contributed by atoms with Crippen molar-refractivity contribution in [3.63, 3.8) is 0 Å². The lowest BCUT2D eigenvalue weighted by Gasteiger charge is -2.55. The minimum atomic E-state index is -0.829. The minimum absolute atomic E-state index is 0.214. The van der Waals surface area contributed by atoms with Crippen molar-refractivity contribution >= 4 is 28.9 Å². The molecule has 2 aliphatic heterocycles. The van der Waals surface area contributed by atoms with Crippen LogP contribution in [0.15, 0.2) is 72.8 Å². The summed E-state index contributed by atoms with van der Waals surface area (Å²) in [6.07, 6.45) is 0.503. The van der Waals surface area contributed by atoms with Crippen LogP contribution >= 0.6 is 12.2 Å². The van der Waals surface area contributed by atoms with E-state index in [1.165, 1.54) is 12.1 Å². The highest BCUT2D eigenvalue weighted by atomic mass is 32.1. The van der Waals surface area contributed by atoms with Gasteiger partial charge in [-0.2, -0.15) is 0 Å². The number of thiocarbonyl (C=S) groups is 1. The lowest BCUT2D eigenvalue weighted by atomic mass is 9.88. The van der Waals surface area contributed by atoms with Crippen LogP contribution in [0.1, 0.15) is 35.3 Å². The maximum Gasteiger partial charge on any atom is 0.260 e. The molecule has 2 heterocycles. The molecule has 0 N–H and O–H groups in total. The Balaban J connectivity index is 1.64. The van der Waals surface area contributed by atoms with Crippen LogP contribution in [-0.4, -0.2) is 28.8 Å². The van der Waals surface area contributed by atoms with Gasteiger partial charge in [0.15, 0.2) is 10.8 Å². The zero-order valence-electron chi connectivity index (χ0n) is 17.6. The Morgan fingerprint density at radius 1 is 1.09 bits per heavy atom. The van der Waals surface area contributed by atoms with Gasteiger partial charge in [-0.1, -0.05) is 18.2 Å². The number of ether oxygens (including phenoxy) is 2. The Bertz CT molecular complexity index is 1200. The molecule has 0 radical (unpaired) electrons. The highest BCUT2D eigenvalue weighted by Gasteiger charge is 2.53. The van der Waals surface area contributed by atoms with Gasteiger partial charge in [0.05, 0.1) is 13.2 Å². The van der Waals surface area contributed by atoms with Crippen LogP contribution in [0, 0.1) is 5.82 Å². The second-order valence-corrected chi connectivity index (χ2v) is 8.40. The van der Waals surface area contributed by atoms with E-state index in [9.17, 15) is 9.18 Å². The number of amides is 1. The number of carbonyl (C=O) groups is 1. The van der Waals surface area contributed by atoms with Gasteiger partial charge in [0.1, 0.15) is 17.3 Å². The molecule has 2 aliphatic rings. The van der Waals surface area contributed by atoms with Crippen molar-refractivity contribution in [3.8, 4) is 11.5 Å². The average molecular weight is 449 g/mol. The summed E-state index contributed by atoms with van der Waals surface area (Å²) in [6.45, 7) is 1.95. The van der Waals surface area contributed by atoms with Crippen molar-refractivity contribution in [2.75, 3.05) is 12.0 Å². The minimum Gasteiger partial charge on any atom is -0.497 e. The molecule has 2 bridgehead atoms. The van der Waals surface area contributed by atoms with Crippen molar-refractivity contribution in [1.29, 1.82) is 0 Å². The van der Waals surface area contributed by atoms with Crippen molar-refractivity contribution < 1.29 is 18.7 Å². The molecule has 7 heteroatoms. The molecule has 162 valence electrons. The van der Waals surface area contributed by atoms with E-state index in [0.29, 0.717) is 34.3 Å². The molecule has 1 fully saturated rings. The highest BCUT2D eigenvalue weighted by Crippen LogP contribution is 2.49. The summed E-state index contributed by atoms with van der Waals surface area (Å²) in [5, 5.41) is 0.311. The van der Waals surface area contributed by atoms with E-state index >= 15 is 0 Å². The first-order valence-electron chi connectivity index (χ1n) is 10.3. The van der Waals surface area contributed by atoms with Crippen LogP contribution < -0.4 is 14.4 Å². The second kappa shape index (κ2) is 7.60. The highest BCUT2D eigenvalue weighted by molar-refractivity contribution is 7.80. The molecule has 3 aromatic carbocycles. The van der Waals surface area contributed by atoms with Gasteiger partial charge >= 0.3 is 0 Å². The molecular formula is C25H21FN2O3S. The topological polar surface area (TPSA) is 42.0 Å². The number of fused-ring (bicyclic) bond motifs is 4. The van der Waals surface area contributed by atoms with E-state index in [-0.39, 0.29) is 17.8 Å². The molecule has 1 amide bonds. The standard InChI is InChI=1S/C25H21FN2O3S/c1-25-15-21(20-5-3-4-6-22(20)31-25)27(23(29)16-7-13-19(30-2)14-8-16)24(32)28(25)18-11-9-17(26)10-12-18/h3-14,21H,15H2,1-2H3/t21-,25+/m1/s1. The van der Waals surface area contributed by atoms with E-state index in [0.717, 1.165) is 5.56 Å². The van der Waals surface area contributed by atoms with Crippen LogP contribution in [-0.2, 0) is 0 Å². The van der Waals surface area contributed by atoms with Crippen LogP contribution in [0.25, 0.3) is 0 Å². The van der Waals surface area contributed by atoms with Crippen LogP contribution in [0.3, 0.4) is 0 Å². The summed E-state index contributed by atoms with van der Waals surface area (Å²) in [5.41, 5.74) is 1.24. The van der Waals surface area contributed by atoms with Crippen LogP contribution in [0.2, 0.25) is 0 Å². The predicted octanol–water partition coefficient (Wildman–Crippen LogP) is 5.32. The van der Waals surface area contributed by atoms with Gasteiger partial charge in [-0.25, -0.2) is 4.39 Å². The Morgan fingerprint density at radius 2 is 1.78 bits per heavy atom. The van der Waals surface area contributed by atoms with Crippen molar-refractivity contribution in [1.82, 2.24) is 4.90 Å². The maximum absolute atomic E-state index is 13.7. The second-order valence-electron chi connectivity index (χ2n) is 8.03. The molecule has 1 saturated heterocycles. The first kappa shape index (κ1) is 20.5. The fraction of sp³-hybridized carbons (Fsp3) is 0.200. The number of halogens is 1. The third-order valence-corrected chi connectivity index (χ3v) is 6.38. The number of carbonyl (C=O) groups excluding carboxylic acids is 1. The van der Waals surface area contributed by atoms with E-state index in [1.807, 2.05) is 31.2 Å². The van der Waals surface area contributed by atoms with Gasteiger partial charge in [0.2, 0.25) is 0 Å². The molecule has 0 aromatic heterocycles. The van der Waals surface area contributed by atoms with Gasteiger partial charge in [-0.15, -0.1) is 0 Å². The van der Waals surface area contributed by atoms with Gasteiger partial charge < -0.3 is 9.47 Å². The van der Waals surface area contributed by atoms with E-state index < -0.39 is 5.72 Å². The molecule has 2 atom stereocenters. The molecular weight excluding hydrogens is 427 g/mol. The summed E-state index contributed by atoms with van der Waals surface area (Å²) >= 11 is 5.88. The van der Waals surface area contributed by atoms with Crippen LogP contribution in [0.4, 0.5) is 10.1 Å². The van der Waals surface area contributed by atoms with Crippen LogP contribution in [0.5, 0.6) is 11.5 Å². The predicted molar refractivity (Wildman–Crippen MR) is 123 cm³/mol. The Hall–Kier alpha value is -3.45. The largest absolute Gasteiger partial charge is 0.497 e. The third kappa shape index (κ3) is 3.20. The summed E-state index contributed by atoms with van der Waals surface area (Å²) in [4.78, 5) is 17.2. The number of para-hydroxylation sites is 1. The van der Waals surface area contributed by atoms with Gasteiger partial charge in [-0.3, -0.25) is 14.6 Å². The molecule has 5 rings (SSSR count). The molecule has 5 nitrogen and oxygen atoms in total. The Morgan fingerprint density at radius 3 is 2.47 bits per heavy atom.